The van der Waals surface area contributed by atoms with Crippen molar-refractivity contribution in [3.05, 3.63) is 0 Å². The Balaban J connectivity index is 5.27. The predicted molar refractivity (Wildman–Crippen MR) is 349 cm³/mol. The van der Waals surface area contributed by atoms with E-state index in [0.29, 0.717) is 25.7 Å². The Labute approximate surface area is 530 Å². The maximum Gasteiger partial charge on any atom is 0.472 e. The van der Waals surface area contributed by atoms with E-state index in [1.807, 2.05) is 0 Å². The molecule has 0 fully saturated rings. The predicted octanol–water partition coefficient (Wildman–Crippen LogP) is 19.2. The summed E-state index contributed by atoms with van der Waals surface area (Å²) in [6.45, 7) is 9.53. The van der Waals surface area contributed by atoms with E-state index in [0.717, 1.165) is 102 Å². The van der Waals surface area contributed by atoms with Crippen LogP contribution < -0.4 is 0 Å². The Kier molecular flexibility index (Phi) is 59.0. The molecule has 0 aromatic rings. The largest absolute Gasteiger partial charge is 0.472 e. The minimum Gasteiger partial charge on any atom is -0.462 e. The number of hydrogen-bond acceptors (Lipinski definition) is 15. The fourth-order valence-corrected chi connectivity index (χ4v) is 11.8. The number of carbonyl (C=O) groups is 4. The van der Waals surface area contributed by atoms with E-state index in [2.05, 4.69) is 41.5 Å². The van der Waals surface area contributed by atoms with Crippen molar-refractivity contribution >= 4 is 39.5 Å². The Morgan fingerprint density at radius 2 is 0.552 bits per heavy atom. The fourth-order valence-electron chi connectivity index (χ4n) is 10.2. The van der Waals surface area contributed by atoms with Crippen LogP contribution in [-0.2, 0) is 65.4 Å². The van der Waals surface area contributed by atoms with Gasteiger partial charge in [-0.15, -0.1) is 0 Å². The molecule has 19 heteroatoms. The van der Waals surface area contributed by atoms with Crippen molar-refractivity contribution in [2.75, 3.05) is 39.6 Å². The number of phosphoric acid groups is 2. The molecule has 87 heavy (non-hydrogen) atoms. The summed E-state index contributed by atoms with van der Waals surface area (Å²) in [7, 11) is -9.90. The molecule has 0 radical (unpaired) electrons. The second-order valence-electron chi connectivity index (χ2n) is 25.0. The number of aliphatic hydroxyl groups is 1. The molecule has 0 spiro atoms. The molecule has 0 saturated heterocycles. The number of phosphoric ester groups is 2. The van der Waals surface area contributed by atoms with Crippen molar-refractivity contribution in [2.45, 2.75) is 362 Å². The number of aliphatic hydroxyl groups excluding tert-OH is 1. The summed E-state index contributed by atoms with van der Waals surface area (Å²) in [6.07, 6.45) is 44.2. The molecule has 3 N–H and O–H groups in total. The first-order chi connectivity index (χ1) is 41.9. The van der Waals surface area contributed by atoms with Gasteiger partial charge in [0.15, 0.2) is 12.2 Å². The molecule has 0 aromatic heterocycles. The minimum absolute atomic E-state index is 0.105. The van der Waals surface area contributed by atoms with Crippen LogP contribution in [0.2, 0.25) is 0 Å². The van der Waals surface area contributed by atoms with Crippen LogP contribution >= 0.6 is 15.6 Å². The van der Waals surface area contributed by atoms with Crippen LogP contribution in [0.5, 0.6) is 0 Å². The molecule has 17 nitrogen and oxygen atoms in total. The molecule has 516 valence electrons. The zero-order valence-electron chi connectivity index (χ0n) is 56.3. The van der Waals surface area contributed by atoms with E-state index >= 15 is 0 Å². The zero-order valence-corrected chi connectivity index (χ0v) is 58.1. The SMILES string of the molecule is CCCCCCCCCCCCCCC(=O)O[C@H](COC(=O)CCCCCCCCCCCCC)COP(=O)(O)OC[C@H](O)COP(=O)(O)OC[C@@H](COC(=O)CCCCCCCCCCC(C)CC)OC(=O)CCCCCCCCCCC(C)CC. The summed E-state index contributed by atoms with van der Waals surface area (Å²) in [5.74, 6) is -0.580. The molecular weight excluding hydrogens is 1150 g/mol. The van der Waals surface area contributed by atoms with Crippen LogP contribution in [-0.4, -0.2) is 96.7 Å². The average molecular weight is 1280 g/mol. The Hall–Kier alpha value is -1.94. The second kappa shape index (κ2) is 60.3. The standard InChI is InChI=1S/C68H132O17P2/c1-7-11-13-15-17-19-21-23-25-34-40-46-52-67(72)84-63(56-78-65(70)50-44-38-32-24-22-20-18-16-14-12-8-2)58-82-86(74,75)80-54-62(69)55-81-87(76,77)83-59-64(85-68(73)53-47-41-35-29-27-31-37-43-49-61(6)10-4)57-79-66(71)51-45-39-33-28-26-30-36-42-48-60(5)9-3/h60-64,69H,7-59H2,1-6H3,(H,74,75)(H,76,77)/t60?,61?,62-,63+,64+/m0/s1. The van der Waals surface area contributed by atoms with Crippen LogP contribution in [0.25, 0.3) is 0 Å². The molecule has 0 aliphatic heterocycles. The number of rotatable bonds is 67. The van der Waals surface area contributed by atoms with E-state index in [9.17, 15) is 43.2 Å². The third kappa shape index (κ3) is 60.1. The Morgan fingerprint density at radius 3 is 0.816 bits per heavy atom. The van der Waals surface area contributed by atoms with Crippen LogP contribution in [0.1, 0.15) is 343 Å². The molecule has 0 aromatic carbocycles. The summed E-state index contributed by atoms with van der Waals surface area (Å²) >= 11 is 0. The van der Waals surface area contributed by atoms with Gasteiger partial charge in [0.2, 0.25) is 0 Å². The fraction of sp³-hybridized carbons (Fsp3) is 0.941. The Bertz CT molecular complexity index is 1700. The lowest BCUT2D eigenvalue weighted by molar-refractivity contribution is -0.161. The van der Waals surface area contributed by atoms with Crippen LogP contribution in [0.3, 0.4) is 0 Å². The number of esters is 4. The highest BCUT2D eigenvalue weighted by molar-refractivity contribution is 7.47. The van der Waals surface area contributed by atoms with E-state index in [1.54, 1.807) is 0 Å². The van der Waals surface area contributed by atoms with Crippen molar-refractivity contribution in [2.24, 2.45) is 11.8 Å². The molecule has 0 bridgehead atoms. The second-order valence-corrected chi connectivity index (χ2v) is 28.0. The van der Waals surface area contributed by atoms with Gasteiger partial charge in [0.1, 0.15) is 19.3 Å². The summed E-state index contributed by atoms with van der Waals surface area (Å²) in [5.41, 5.74) is 0. The first-order valence-corrected chi connectivity index (χ1v) is 38.6. The third-order valence-electron chi connectivity index (χ3n) is 16.4. The molecule has 4 unspecified atom stereocenters. The number of unbranched alkanes of at least 4 members (excludes halogenated alkanes) is 35. The van der Waals surface area contributed by atoms with Gasteiger partial charge in [0.25, 0.3) is 0 Å². The van der Waals surface area contributed by atoms with Gasteiger partial charge in [-0.05, 0) is 37.5 Å². The lowest BCUT2D eigenvalue weighted by atomic mass is 9.99. The average Bonchev–Trinajstić information content (AvgIpc) is 3.70. The first-order valence-electron chi connectivity index (χ1n) is 35.6. The molecular formula is C68H132O17P2. The van der Waals surface area contributed by atoms with Gasteiger partial charge >= 0.3 is 39.5 Å². The highest BCUT2D eigenvalue weighted by Gasteiger charge is 2.30. The summed E-state index contributed by atoms with van der Waals surface area (Å²) in [4.78, 5) is 72.4. The quantitative estimate of drug-likeness (QED) is 0.0222. The number of hydrogen-bond donors (Lipinski definition) is 3. The van der Waals surface area contributed by atoms with E-state index in [-0.39, 0.29) is 25.7 Å². The number of ether oxygens (including phenoxy) is 4. The van der Waals surface area contributed by atoms with Gasteiger partial charge in [-0.3, -0.25) is 37.3 Å². The molecule has 0 saturated carbocycles. The molecule has 0 heterocycles. The third-order valence-corrected chi connectivity index (χ3v) is 18.3. The molecule has 0 aliphatic rings. The summed E-state index contributed by atoms with van der Waals surface area (Å²) in [5, 5.41) is 10.6. The minimum atomic E-state index is -4.95. The van der Waals surface area contributed by atoms with Crippen LogP contribution in [0.4, 0.5) is 0 Å². The van der Waals surface area contributed by atoms with E-state index < -0.39 is 97.5 Å². The Morgan fingerprint density at radius 1 is 0.322 bits per heavy atom. The zero-order chi connectivity index (χ0) is 64.3. The van der Waals surface area contributed by atoms with E-state index in [4.69, 9.17) is 37.0 Å². The van der Waals surface area contributed by atoms with Crippen molar-refractivity contribution in [1.82, 2.24) is 0 Å². The van der Waals surface area contributed by atoms with Gasteiger partial charge in [0.05, 0.1) is 26.4 Å². The highest BCUT2D eigenvalue weighted by Crippen LogP contribution is 2.45. The van der Waals surface area contributed by atoms with Crippen molar-refractivity contribution in [3.8, 4) is 0 Å². The van der Waals surface area contributed by atoms with Gasteiger partial charge < -0.3 is 33.8 Å². The van der Waals surface area contributed by atoms with Crippen molar-refractivity contribution in [3.63, 3.8) is 0 Å². The molecule has 0 rings (SSSR count). The highest BCUT2D eigenvalue weighted by atomic mass is 31.2. The van der Waals surface area contributed by atoms with Gasteiger partial charge in [-0.2, -0.15) is 0 Å². The van der Waals surface area contributed by atoms with E-state index in [1.165, 1.54) is 161 Å². The molecule has 7 atom stereocenters. The molecule has 0 amide bonds. The number of carbonyl (C=O) groups excluding carboxylic acids is 4. The monoisotopic (exact) mass is 1280 g/mol. The van der Waals surface area contributed by atoms with Crippen molar-refractivity contribution in [1.29, 1.82) is 0 Å². The van der Waals surface area contributed by atoms with Crippen molar-refractivity contribution < 1.29 is 80.2 Å². The lowest BCUT2D eigenvalue weighted by Gasteiger charge is -2.21. The maximum atomic E-state index is 13.0. The van der Waals surface area contributed by atoms with Gasteiger partial charge in [0, 0.05) is 25.7 Å². The maximum absolute atomic E-state index is 13.0. The van der Waals surface area contributed by atoms with Crippen LogP contribution in [0.15, 0.2) is 0 Å². The van der Waals surface area contributed by atoms with Gasteiger partial charge in [-0.1, -0.05) is 292 Å². The topological polar surface area (TPSA) is 237 Å². The van der Waals surface area contributed by atoms with Gasteiger partial charge in [-0.25, -0.2) is 9.13 Å². The smallest absolute Gasteiger partial charge is 0.462 e. The molecule has 0 aliphatic carbocycles. The first kappa shape index (κ1) is 85.1. The van der Waals surface area contributed by atoms with Crippen LogP contribution in [0, 0.1) is 11.8 Å². The summed E-state index contributed by atoms with van der Waals surface area (Å²) in [6, 6.07) is 0. The lowest BCUT2D eigenvalue weighted by Crippen LogP contribution is -2.30. The summed E-state index contributed by atoms with van der Waals surface area (Å²) < 4.78 is 68.2. The normalized spacial score (nSPS) is 14.8.